The van der Waals surface area contributed by atoms with Gasteiger partial charge in [0.1, 0.15) is 0 Å². The molecule has 2 aliphatic heterocycles. The lowest BCUT2D eigenvalue weighted by molar-refractivity contribution is -0.153. The Kier molecular flexibility index (Phi) is 3.69. The van der Waals surface area contributed by atoms with E-state index in [4.69, 9.17) is 0 Å². The Hall–Kier alpha value is -0.990. The SMILES string of the molecule is CCCNS(=O)(=O)N1CCC2C(=O)OC(=O)C2C1. The minimum atomic E-state index is -3.56. The van der Waals surface area contributed by atoms with Gasteiger partial charge in [0.25, 0.3) is 10.2 Å². The van der Waals surface area contributed by atoms with Crippen LogP contribution >= 0.6 is 0 Å². The number of carbonyl (C=O) groups excluding carboxylic acids is 2. The lowest BCUT2D eigenvalue weighted by Gasteiger charge is -2.30. The first-order valence-electron chi connectivity index (χ1n) is 5.96. The number of ether oxygens (including phenoxy) is 1. The third-order valence-electron chi connectivity index (χ3n) is 3.26. The molecule has 8 heteroatoms. The Balaban J connectivity index is 2.07. The zero-order chi connectivity index (χ0) is 13.3. The number of nitrogens with one attached hydrogen (secondary N) is 1. The first-order valence-corrected chi connectivity index (χ1v) is 7.40. The summed E-state index contributed by atoms with van der Waals surface area (Å²) in [6, 6.07) is 0. The average Bonchev–Trinajstić information content (AvgIpc) is 2.62. The summed E-state index contributed by atoms with van der Waals surface area (Å²) in [5.41, 5.74) is 0. The van der Waals surface area contributed by atoms with E-state index in [-0.39, 0.29) is 13.1 Å². The van der Waals surface area contributed by atoms with Crippen LogP contribution in [0.5, 0.6) is 0 Å². The van der Waals surface area contributed by atoms with Gasteiger partial charge in [-0.3, -0.25) is 9.59 Å². The molecule has 0 saturated carbocycles. The van der Waals surface area contributed by atoms with Gasteiger partial charge in [0.2, 0.25) is 0 Å². The molecule has 0 radical (unpaired) electrons. The van der Waals surface area contributed by atoms with Gasteiger partial charge in [-0.05, 0) is 12.8 Å². The van der Waals surface area contributed by atoms with Crippen LogP contribution in [0.25, 0.3) is 0 Å². The number of rotatable bonds is 4. The fourth-order valence-corrected chi connectivity index (χ4v) is 3.58. The highest BCUT2D eigenvalue weighted by Crippen LogP contribution is 2.32. The van der Waals surface area contributed by atoms with E-state index >= 15 is 0 Å². The molecule has 7 nitrogen and oxygen atoms in total. The number of cyclic esters (lactones) is 2. The second kappa shape index (κ2) is 4.94. The summed E-state index contributed by atoms with van der Waals surface area (Å²) in [6.07, 6.45) is 1.03. The predicted octanol–water partition coefficient (Wildman–Crippen LogP) is -0.748. The molecular weight excluding hydrogens is 260 g/mol. The van der Waals surface area contributed by atoms with Crippen molar-refractivity contribution in [2.45, 2.75) is 19.8 Å². The second-order valence-corrected chi connectivity index (χ2v) is 6.25. The Morgan fingerprint density at radius 2 is 2.00 bits per heavy atom. The Morgan fingerprint density at radius 1 is 1.33 bits per heavy atom. The summed E-state index contributed by atoms with van der Waals surface area (Å²) in [7, 11) is -3.56. The van der Waals surface area contributed by atoms with Crippen molar-refractivity contribution in [1.82, 2.24) is 9.03 Å². The lowest BCUT2D eigenvalue weighted by atomic mass is 9.89. The molecule has 0 spiro atoms. The molecule has 0 aromatic rings. The molecule has 102 valence electrons. The van der Waals surface area contributed by atoms with Crippen molar-refractivity contribution in [2.24, 2.45) is 11.8 Å². The lowest BCUT2D eigenvalue weighted by Crippen LogP contribution is -2.49. The van der Waals surface area contributed by atoms with E-state index in [0.717, 1.165) is 0 Å². The van der Waals surface area contributed by atoms with Crippen molar-refractivity contribution in [3.63, 3.8) is 0 Å². The summed E-state index contributed by atoms with van der Waals surface area (Å²) in [6.45, 7) is 2.48. The summed E-state index contributed by atoms with van der Waals surface area (Å²) in [5.74, 6) is -2.26. The van der Waals surface area contributed by atoms with Crippen molar-refractivity contribution in [2.75, 3.05) is 19.6 Å². The third kappa shape index (κ3) is 2.40. The average molecular weight is 276 g/mol. The quantitative estimate of drug-likeness (QED) is 0.539. The Morgan fingerprint density at radius 3 is 2.67 bits per heavy atom. The zero-order valence-electron chi connectivity index (χ0n) is 10.1. The van der Waals surface area contributed by atoms with Gasteiger partial charge in [0, 0.05) is 19.6 Å². The summed E-state index contributed by atoms with van der Waals surface area (Å²) in [4.78, 5) is 22.7. The van der Waals surface area contributed by atoms with Gasteiger partial charge < -0.3 is 4.74 Å². The molecule has 0 aromatic heterocycles. The van der Waals surface area contributed by atoms with Gasteiger partial charge in [-0.15, -0.1) is 0 Å². The third-order valence-corrected chi connectivity index (χ3v) is 4.84. The molecule has 0 amide bonds. The van der Waals surface area contributed by atoms with E-state index in [1.165, 1.54) is 4.31 Å². The first-order chi connectivity index (χ1) is 8.45. The van der Waals surface area contributed by atoms with Crippen LogP contribution in [0.4, 0.5) is 0 Å². The maximum Gasteiger partial charge on any atom is 0.318 e. The number of hydrogen-bond acceptors (Lipinski definition) is 5. The van der Waals surface area contributed by atoms with Gasteiger partial charge in [-0.25, -0.2) is 4.72 Å². The molecular formula is C10H16N2O5S. The predicted molar refractivity (Wildman–Crippen MR) is 61.5 cm³/mol. The number of hydrogen-bond donors (Lipinski definition) is 1. The fourth-order valence-electron chi connectivity index (χ4n) is 2.23. The summed E-state index contributed by atoms with van der Waals surface area (Å²) in [5, 5.41) is 0. The maximum atomic E-state index is 11.9. The molecule has 1 N–H and O–H groups in total. The van der Waals surface area contributed by atoms with Crippen LogP contribution in [0, 0.1) is 11.8 Å². The largest absolute Gasteiger partial charge is 0.393 e. The van der Waals surface area contributed by atoms with Gasteiger partial charge >= 0.3 is 11.9 Å². The molecule has 2 unspecified atom stereocenters. The zero-order valence-corrected chi connectivity index (χ0v) is 10.9. The van der Waals surface area contributed by atoms with Crippen LogP contribution in [0.3, 0.4) is 0 Å². The number of piperidine rings is 1. The van der Waals surface area contributed by atoms with Gasteiger partial charge in [0.05, 0.1) is 11.8 Å². The van der Waals surface area contributed by atoms with E-state index in [9.17, 15) is 18.0 Å². The maximum absolute atomic E-state index is 11.9. The van der Waals surface area contributed by atoms with Crippen molar-refractivity contribution < 1.29 is 22.7 Å². The van der Waals surface area contributed by atoms with Gasteiger partial charge in [-0.2, -0.15) is 12.7 Å². The van der Waals surface area contributed by atoms with Crippen LogP contribution in [-0.2, 0) is 24.5 Å². The highest BCUT2D eigenvalue weighted by atomic mass is 32.2. The van der Waals surface area contributed by atoms with Crippen LogP contribution in [-0.4, -0.2) is 44.3 Å². The van der Waals surface area contributed by atoms with E-state index < -0.39 is 34.0 Å². The molecule has 0 bridgehead atoms. The van der Waals surface area contributed by atoms with Crippen LogP contribution in [0.15, 0.2) is 0 Å². The molecule has 2 saturated heterocycles. The van der Waals surface area contributed by atoms with Crippen molar-refractivity contribution in [1.29, 1.82) is 0 Å². The summed E-state index contributed by atoms with van der Waals surface area (Å²) < 4.78 is 32.0. The molecule has 0 aliphatic carbocycles. The Bertz CT molecular complexity index is 461. The van der Waals surface area contributed by atoms with Crippen LogP contribution in [0.1, 0.15) is 19.8 Å². The Labute approximate surface area is 106 Å². The number of fused-ring (bicyclic) bond motifs is 1. The fraction of sp³-hybridized carbons (Fsp3) is 0.800. The van der Waals surface area contributed by atoms with Crippen LogP contribution < -0.4 is 4.72 Å². The highest BCUT2D eigenvalue weighted by molar-refractivity contribution is 7.87. The topological polar surface area (TPSA) is 92.8 Å². The van der Waals surface area contributed by atoms with Crippen molar-refractivity contribution in [3.8, 4) is 0 Å². The number of esters is 2. The first kappa shape index (κ1) is 13.4. The van der Waals surface area contributed by atoms with E-state index in [0.29, 0.717) is 19.4 Å². The van der Waals surface area contributed by atoms with E-state index in [2.05, 4.69) is 9.46 Å². The molecule has 2 fully saturated rings. The highest BCUT2D eigenvalue weighted by Gasteiger charge is 2.49. The molecule has 2 heterocycles. The van der Waals surface area contributed by atoms with Crippen molar-refractivity contribution in [3.05, 3.63) is 0 Å². The number of nitrogens with zero attached hydrogens (tertiary/aromatic N) is 1. The normalized spacial score (nSPS) is 29.2. The van der Waals surface area contributed by atoms with Gasteiger partial charge in [0.15, 0.2) is 0 Å². The molecule has 2 atom stereocenters. The van der Waals surface area contributed by atoms with Gasteiger partial charge in [-0.1, -0.05) is 6.92 Å². The van der Waals surface area contributed by atoms with E-state index in [1.807, 2.05) is 6.92 Å². The van der Waals surface area contributed by atoms with Crippen LogP contribution in [0.2, 0.25) is 0 Å². The molecule has 2 aliphatic rings. The monoisotopic (exact) mass is 276 g/mol. The molecule has 18 heavy (non-hydrogen) atoms. The number of carbonyl (C=O) groups is 2. The minimum Gasteiger partial charge on any atom is -0.393 e. The molecule has 0 aromatic carbocycles. The summed E-state index contributed by atoms with van der Waals surface area (Å²) >= 11 is 0. The minimum absolute atomic E-state index is 0.0221. The standard InChI is InChI=1S/C10H16N2O5S/c1-2-4-11-18(15,16)12-5-3-7-8(6-12)10(14)17-9(7)13/h7-8,11H,2-6H2,1H3. The smallest absolute Gasteiger partial charge is 0.318 e. The second-order valence-electron chi connectivity index (χ2n) is 4.50. The van der Waals surface area contributed by atoms with Crippen molar-refractivity contribution >= 4 is 22.1 Å². The molecule has 2 rings (SSSR count). The van der Waals surface area contributed by atoms with E-state index in [1.54, 1.807) is 0 Å².